The number of carbonyl (C=O) groups is 2. The minimum Gasteiger partial charge on any atom is -0.442 e. The molecule has 0 saturated heterocycles. The van der Waals surface area contributed by atoms with Crippen LogP contribution in [0.25, 0.3) is 0 Å². The van der Waals surface area contributed by atoms with Crippen LogP contribution < -0.4 is 5.73 Å². The summed E-state index contributed by atoms with van der Waals surface area (Å²) in [6.45, 7) is 3.61. The molecule has 1 amide bonds. The maximum atomic E-state index is 11.5. The Kier molecular flexibility index (Phi) is 4.10. The number of ether oxygens (including phenoxy) is 1. The first-order valence-electron chi connectivity index (χ1n) is 5.58. The zero-order chi connectivity index (χ0) is 12.2. The van der Waals surface area contributed by atoms with Crippen molar-refractivity contribution >= 4 is 11.9 Å². The molecule has 90 valence electrons. The molecule has 0 aliphatic heterocycles. The Hall–Kier alpha value is -1.32. The summed E-state index contributed by atoms with van der Waals surface area (Å²) in [5, 5.41) is 0. The van der Waals surface area contributed by atoms with Crippen molar-refractivity contribution in [1.82, 2.24) is 0 Å². The highest BCUT2D eigenvalue weighted by molar-refractivity contribution is 5.82. The quantitative estimate of drug-likeness (QED) is 0.732. The van der Waals surface area contributed by atoms with E-state index in [9.17, 15) is 9.59 Å². The molecule has 0 heterocycles. The van der Waals surface area contributed by atoms with Gasteiger partial charge in [-0.3, -0.25) is 4.79 Å². The van der Waals surface area contributed by atoms with E-state index in [-0.39, 0.29) is 17.3 Å². The average Bonchev–Trinajstić information content (AvgIpc) is 2.13. The zero-order valence-electron chi connectivity index (χ0n) is 9.86. The number of allylic oxidation sites excluding steroid dienone is 1. The van der Waals surface area contributed by atoms with Crippen LogP contribution in [0, 0.1) is 5.41 Å². The molecule has 4 nitrogen and oxygen atoms in total. The number of carbonyl (C=O) groups excluding carboxylic acids is 2. The van der Waals surface area contributed by atoms with Crippen LogP contribution in [0.1, 0.15) is 39.5 Å². The number of hydrogen-bond acceptors (Lipinski definition) is 3. The molecule has 0 saturated carbocycles. The van der Waals surface area contributed by atoms with Gasteiger partial charge >= 0.3 is 6.09 Å². The lowest BCUT2D eigenvalue weighted by atomic mass is 9.77. The standard InChI is InChI=1S/C12H19NO3/c1-9(14)12(2)7-3-5-10(6-4-8-12)16-11(13)15/h3,5,10H,4,6-8H2,1-2H3,(H2,13,15)/b5-3+/t10-,12+/m1/s1. The SMILES string of the molecule is CC(=O)[C@@]1(C)C/C=C/[C@@H](OC(N)=O)CCC1. The van der Waals surface area contributed by atoms with E-state index >= 15 is 0 Å². The Balaban J connectivity index is 2.64. The fraction of sp³-hybridized carbons (Fsp3) is 0.667. The minimum atomic E-state index is -0.746. The fourth-order valence-corrected chi connectivity index (χ4v) is 1.94. The van der Waals surface area contributed by atoms with Crippen LogP contribution in [-0.2, 0) is 9.53 Å². The van der Waals surface area contributed by atoms with Crippen molar-refractivity contribution < 1.29 is 14.3 Å². The van der Waals surface area contributed by atoms with Crippen molar-refractivity contribution in [2.45, 2.75) is 45.6 Å². The minimum absolute atomic E-state index is 0.214. The summed E-state index contributed by atoms with van der Waals surface area (Å²) in [5.41, 5.74) is 4.70. The number of hydrogen-bond donors (Lipinski definition) is 1. The summed E-state index contributed by atoms with van der Waals surface area (Å²) < 4.78 is 4.92. The van der Waals surface area contributed by atoms with Crippen molar-refractivity contribution in [1.29, 1.82) is 0 Å². The van der Waals surface area contributed by atoms with E-state index in [2.05, 4.69) is 0 Å². The van der Waals surface area contributed by atoms with Gasteiger partial charge in [0.05, 0.1) is 0 Å². The number of Topliss-reactive ketones (excluding diaryl/α,β-unsaturated/α-hetero) is 1. The largest absolute Gasteiger partial charge is 0.442 e. The molecule has 0 aromatic rings. The Bertz CT molecular complexity index is 311. The molecule has 0 aromatic heterocycles. The summed E-state index contributed by atoms with van der Waals surface area (Å²) in [6.07, 6.45) is 5.85. The highest BCUT2D eigenvalue weighted by atomic mass is 16.6. The first-order chi connectivity index (χ1) is 7.44. The molecule has 1 rings (SSSR count). The van der Waals surface area contributed by atoms with E-state index in [0.29, 0.717) is 6.42 Å². The van der Waals surface area contributed by atoms with Gasteiger partial charge in [-0.25, -0.2) is 4.79 Å². The molecule has 1 aliphatic rings. The highest BCUT2D eigenvalue weighted by Gasteiger charge is 2.29. The summed E-state index contributed by atoms with van der Waals surface area (Å²) in [5.74, 6) is 0.214. The van der Waals surface area contributed by atoms with E-state index in [0.717, 1.165) is 19.3 Å². The van der Waals surface area contributed by atoms with Gasteiger partial charge in [0.15, 0.2) is 0 Å². The van der Waals surface area contributed by atoms with Crippen LogP contribution >= 0.6 is 0 Å². The number of rotatable bonds is 2. The monoisotopic (exact) mass is 225 g/mol. The molecule has 2 N–H and O–H groups in total. The lowest BCUT2D eigenvalue weighted by Gasteiger charge is -2.28. The van der Waals surface area contributed by atoms with Crippen molar-refractivity contribution in [3.63, 3.8) is 0 Å². The number of ketones is 1. The highest BCUT2D eigenvalue weighted by Crippen LogP contribution is 2.32. The van der Waals surface area contributed by atoms with Crippen LogP contribution in [0.2, 0.25) is 0 Å². The summed E-state index contributed by atoms with van der Waals surface area (Å²) in [6, 6.07) is 0. The smallest absolute Gasteiger partial charge is 0.405 e. The van der Waals surface area contributed by atoms with Gasteiger partial charge in [0.1, 0.15) is 11.9 Å². The summed E-state index contributed by atoms with van der Waals surface area (Å²) >= 11 is 0. The third kappa shape index (κ3) is 3.36. The van der Waals surface area contributed by atoms with Gasteiger partial charge in [0.2, 0.25) is 0 Å². The van der Waals surface area contributed by atoms with Crippen LogP contribution in [0.3, 0.4) is 0 Å². The Morgan fingerprint density at radius 1 is 1.50 bits per heavy atom. The third-order valence-corrected chi connectivity index (χ3v) is 3.25. The molecule has 0 bridgehead atoms. The van der Waals surface area contributed by atoms with Crippen LogP contribution in [0.5, 0.6) is 0 Å². The fourth-order valence-electron chi connectivity index (χ4n) is 1.94. The molecule has 4 heteroatoms. The summed E-state index contributed by atoms with van der Waals surface area (Å²) in [4.78, 5) is 22.1. The molecule has 16 heavy (non-hydrogen) atoms. The lowest BCUT2D eigenvalue weighted by Crippen LogP contribution is -2.28. The van der Waals surface area contributed by atoms with Crippen molar-refractivity contribution in [3.05, 3.63) is 12.2 Å². The normalized spacial score (nSPS) is 32.2. The topological polar surface area (TPSA) is 69.4 Å². The first kappa shape index (κ1) is 12.7. The van der Waals surface area contributed by atoms with Crippen molar-refractivity contribution in [2.75, 3.05) is 0 Å². The number of nitrogens with two attached hydrogens (primary N) is 1. The molecule has 0 fully saturated rings. The first-order valence-corrected chi connectivity index (χ1v) is 5.58. The van der Waals surface area contributed by atoms with Crippen molar-refractivity contribution in [3.8, 4) is 0 Å². The van der Waals surface area contributed by atoms with Crippen LogP contribution in [-0.4, -0.2) is 18.0 Å². The van der Waals surface area contributed by atoms with Gasteiger partial charge in [0.25, 0.3) is 0 Å². The Morgan fingerprint density at radius 3 is 2.75 bits per heavy atom. The van der Waals surface area contributed by atoms with Gasteiger partial charge in [-0.15, -0.1) is 0 Å². The van der Waals surface area contributed by atoms with Crippen LogP contribution in [0.15, 0.2) is 12.2 Å². The van der Waals surface area contributed by atoms with Crippen molar-refractivity contribution in [2.24, 2.45) is 11.1 Å². The Morgan fingerprint density at radius 2 is 2.19 bits per heavy atom. The zero-order valence-corrected chi connectivity index (χ0v) is 9.86. The van der Waals surface area contributed by atoms with Gasteiger partial charge < -0.3 is 10.5 Å². The molecule has 0 aromatic carbocycles. The van der Waals surface area contributed by atoms with Gasteiger partial charge in [-0.05, 0) is 38.7 Å². The Labute approximate surface area is 95.8 Å². The van der Waals surface area contributed by atoms with E-state index in [1.165, 1.54) is 0 Å². The molecule has 1 aliphatic carbocycles. The molecule has 2 atom stereocenters. The van der Waals surface area contributed by atoms with E-state index in [1.54, 1.807) is 6.92 Å². The molecular formula is C12H19NO3. The van der Waals surface area contributed by atoms with Gasteiger partial charge in [-0.1, -0.05) is 13.0 Å². The third-order valence-electron chi connectivity index (χ3n) is 3.25. The summed E-state index contributed by atoms with van der Waals surface area (Å²) in [7, 11) is 0. The second kappa shape index (κ2) is 5.14. The second-order valence-electron chi connectivity index (χ2n) is 4.62. The molecule has 0 unspecified atom stereocenters. The van der Waals surface area contributed by atoms with Gasteiger partial charge in [-0.2, -0.15) is 0 Å². The number of primary amides is 1. The predicted molar refractivity (Wildman–Crippen MR) is 60.9 cm³/mol. The number of amides is 1. The van der Waals surface area contributed by atoms with E-state index in [1.807, 2.05) is 19.1 Å². The van der Waals surface area contributed by atoms with Crippen LogP contribution in [0.4, 0.5) is 4.79 Å². The predicted octanol–water partition coefficient (Wildman–Crippen LogP) is 2.18. The maximum Gasteiger partial charge on any atom is 0.405 e. The molecular weight excluding hydrogens is 206 g/mol. The van der Waals surface area contributed by atoms with Gasteiger partial charge in [0, 0.05) is 5.41 Å². The lowest BCUT2D eigenvalue weighted by molar-refractivity contribution is -0.126. The second-order valence-corrected chi connectivity index (χ2v) is 4.62. The van der Waals surface area contributed by atoms with E-state index in [4.69, 9.17) is 10.5 Å². The molecule has 0 spiro atoms. The average molecular weight is 225 g/mol. The molecule has 0 radical (unpaired) electrons. The van der Waals surface area contributed by atoms with E-state index < -0.39 is 6.09 Å². The maximum absolute atomic E-state index is 11.5.